The van der Waals surface area contributed by atoms with Crippen LogP contribution in [0.25, 0.3) is 0 Å². The molecule has 21 heavy (non-hydrogen) atoms. The van der Waals surface area contributed by atoms with E-state index in [0.29, 0.717) is 18.1 Å². The largest absolute Gasteiger partial charge is 0.489 e. The lowest BCUT2D eigenvalue weighted by molar-refractivity contribution is 0.210. The summed E-state index contributed by atoms with van der Waals surface area (Å²) in [6, 6.07) is 13.3. The van der Waals surface area contributed by atoms with Crippen molar-refractivity contribution in [1.29, 1.82) is 5.26 Å². The number of nitrogens with zero attached hydrogens (tertiary/aromatic N) is 3. The number of aromatic nitrogens is 2. The first kappa shape index (κ1) is 14.8. The quantitative estimate of drug-likeness (QED) is 0.882. The molecule has 0 aliphatic heterocycles. The third kappa shape index (κ3) is 4.46. The molecule has 1 atom stereocenters. The molecule has 5 nitrogen and oxygen atoms in total. The Bertz CT molecular complexity index is 619. The zero-order chi connectivity index (χ0) is 15.1. The molecular weight excluding hydrogens is 264 g/mol. The maximum Gasteiger partial charge on any atom is 0.163 e. The van der Waals surface area contributed by atoms with Gasteiger partial charge in [0, 0.05) is 0 Å². The second-order valence-electron chi connectivity index (χ2n) is 4.76. The highest BCUT2D eigenvalue weighted by molar-refractivity contribution is 5.35. The molecule has 0 radical (unpaired) electrons. The van der Waals surface area contributed by atoms with Crippen molar-refractivity contribution in [3.8, 4) is 11.8 Å². The van der Waals surface area contributed by atoms with Gasteiger partial charge in [0.25, 0.3) is 0 Å². The van der Waals surface area contributed by atoms with E-state index in [1.807, 2.05) is 37.3 Å². The lowest BCUT2D eigenvalue weighted by atomic mass is 10.2. The van der Waals surface area contributed by atoms with E-state index in [-0.39, 0.29) is 6.10 Å². The fourth-order valence-corrected chi connectivity index (χ4v) is 1.86. The van der Waals surface area contributed by atoms with E-state index < -0.39 is 0 Å². The fraction of sp³-hybridized carbons (Fsp3) is 0.312. The van der Waals surface area contributed by atoms with Crippen molar-refractivity contribution in [3.05, 3.63) is 47.7 Å². The minimum atomic E-state index is 0.0456. The summed E-state index contributed by atoms with van der Waals surface area (Å²) in [5.74, 6) is 1.51. The molecule has 0 aliphatic carbocycles. The van der Waals surface area contributed by atoms with E-state index in [0.717, 1.165) is 12.2 Å². The van der Waals surface area contributed by atoms with Crippen LogP contribution in [0.5, 0.6) is 5.75 Å². The van der Waals surface area contributed by atoms with Crippen LogP contribution in [-0.2, 0) is 0 Å². The SMILES string of the molecule is CCC(CNc1ccc(C#N)nn1)Oc1cccc(C)c1. The van der Waals surface area contributed by atoms with Gasteiger partial charge in [0.15, 0.2) is 5.69 Å². The number of anilines is 1. The normalized spacial score (nSPS) is 11.5. The van der Waals surface area contributed by atoms with Gasteiger partial charge in [0.2, 0.25) is 0 Å². The summed E-state index contributed by atoms with van der Waals surface area (Å²) in [4.78, 5) is 0. The second kappa shape index (κ2) is 7.25. The lowest BCUT2D eigenvalue weighted by Gasteiger charge is -2.18. The Balaban J connectivity index is 1.91. The molecule has 0 aliphatic rings. The maximum atomic E-state index is 8.68. The Kier molecular flexibility index (Phi) is 5.10. The standard InChI is InChI=1S/C16H18N4O/c1-3-14(21-15-6-4-5-12(2)9-15)11-18-16-8-7-13(10-17)19-20-16/h4-9,14H,3,11H2,1-2H3,(H,18,20). The predicted molar refractivity (Wildman–Crippen MR) is 81.1 cm³/mol. The topological polar surface area (TPSA) is 70.8 Å². The molecule has 0 saturated heterocycles. The summed E-state index contributed by atoms with van der Waals surface area (Å²) in [5, 5.41) is 19.6. The summed E-state index contributed by atoms with van der Waals surface area (Å²) in [7, 11) is 0. The zero-order valence-corrected chi connectivity index (χ0v) is 12.2. The van der Waals surface area contributed by atoms with Crippen molar-refractivity contribution in [3.63, 3.8) is 0 Å². The van der Waals surface area contributed by atoms with Gasteiger partial charge < -0.3 is 10.1 Å². The number of rotatable bonds is 6. The van der Waals surface area contributed by atoms with Gasteiger partial charge in [-0.15, -0.1) is 10.2 Å². The predicted octanol–water partition coefficient (Wildman–Crippen LogP) is 2.93. The van der Waals surface area contributed by atoms with Crippen molar-refractivity contribution < 1.29 is 4.74 Å². The van der Waals surface area contributed by atoms with Crippen LogP contribution < -0.4 is 10.1 Å². The lowest BCUT2D eigenvalue weighted by Crippen LogP contribution is -2.25. The number of hydrogen-bond acceptors (Lipinski definition) is 5. The molecule has 1 N–H and O–H groups in total. The molecule has 0 spiro atoms. The number of nitriles is 1. The van der Waals surface area contributed by atoms with E-state index in [2.05, 4.69) is 22.4 Å². The third-order valence-electron chi connectivity index (χ3n) is 3.04. The van der Waals surface area contributed by atoms with Crippen LogP contribution in [0.15, 0.2) is 36.4 Å². The molecule has 0 amide bonds. The average Bonchev–Trinajstić information content (AvgIpc) is 2.52. The molecule has 1 unspecified atom stereocenters. The Morgan fingerprint density at radius 3 is 2.76 bits per heavy atom. The molecule has 0 saturated carbocycles. The van der Waals surface area contributed by atoms with Crippen LogP contribution in [0.2, 0.25) is 0 Å². The van der Waals surface area contributed by atoms with Crippen molar-refractivity contribution in [2.45, 2.75) is 26.4 Å². The van der Waals surface area contributed by atoms with Crippen LogP contribution in [0.4, 0.5) is 5.82 Å². The highest BCUT2D eigenvalue weighted by Crippen LogP contribution is 2.15. The fourth-order valence-electron chi connectivity index (χ4n) is 1.86. The van der Waals surface area contributed by atoms with Crippen molar-refractivity contribution in [1.82, 2.24) is 10.2 Å². The van der Waals surface area contributed by atoms with Gasteiger partial charge in [-0.3, -0.25) is 0 Å². The van der Waals surface area contributed by atoms with E-state index in [9.17, 15) is 0 Å². The van der Waals surface area contributed by atoms with Gasteiger partial charge >= 0.3 is 0 Å². The number of nitrogens with one attached hydrogen (secondary N) is 1. The summed E-state index contributed by atoms with van der Waals surface area (Å²) in [6.07, 6.45) is 0.925. The summed E-state index contributed by atoms with van der Waals surface area (Å²) >= 11 is 0. The van der Waals surface area contributed by atoms with Crippen molar-refractivity contribution in [2.75, 3.05) is 11.9 Å². The van der Waals surface area contributed by atoms with Gasteiger partial charge in [-0.1, -0.05) is 19.1 Å². The minimum Gasteiger partial charge on any atom is -0.489 e. The smallest absolute Gasteiger partial charge is 0.163 e. The molecule has 0 fully saturated rings. The molecule has 1 heterocycles. The second-order valence-corrected chi connectivity index (χ2v) is 4.76. The molecule has 2 rings (SSSR count). The Morgan fingerprint density at radius 1 is 1.29 bits per heavy atom. The van der Waals surface area contributed by atoms with E-state index in [4.69, 9.17) is 10.00 Å². The Morgan fingerprint density at radius 2 is 2.14 bits per heavy atom. The molecule has 5 heteroatoms. The molecule has 1 aromatic carbocycles. The van der Waals surface area contributed by atoms with Crippen LogP contribution >= 0.6 is 0 Å². The van der Waals surface area contributed by atoms with Crippen molar-refractivity contribution in [2.24, 2.45) is 0 Å². The van der Waals surface area contributed by atoms with Crippen molar-refractivity contribution >= 4 is 5.82 Å². The molecule has 1 aromatic heterocycles. The highest BCUT2D eigenvalue weighted by Gasteiger charge is 2.09. The molecular formula is C16H18N4O. The van der Waals surface area contributed by atoms with E-state index >= 15 is 0 Å². The van der Waals surface area contributed by atoms with Crippen LogP contribution in [0.3, 0.4) is 0 Å². The van der Waals surface area contributed by atoms with Gasteiger partial charge in [-0.2, -0.15) is 5.26 Å². The van der Waals surface area contributed by atoms with Gasteiger partial charge in [-0.25, -0.2) is 0 Å². The van der Waals surface area contributed by atoms with Gasteiger partial charge in [0.05, 0.1) is 6.54 Å². The third-order valence-corrected chi connectivity index (χ3v) is 3.04. The van der Waals surface area contributed by atoms with Gasteiger partial charge in [-0.05, 0) is 43.2 Å². The Labute approximate surface area is 124 Å². The van der Waals surface area contributed by atoms with Crippen LogP contribution in [-0.4, -0.2) is 22.8 Å². The van der Waals surface area contributed by atoms with Gasteiger partial charge in [0.1, 0.15) is 23.7 Å². The number of hydrogen-bond donors (Lipinski definition) is 1. The highest BCUT2D eigenvalue weighted by atomic mass is 16.5. The summed E-state index contributed by atoms with van der Waals surface area (Å²) in [5.41, 5.74) is 1.48. The monoisotopic (exact) mass is 282 g/mol. The molecule has 108 valence electrons. The first-order valence-corrected chi connectivity index (χ1v) is 6.92. The molecule has 0 bridgehead atoms. The summed E-state index contributed by atoms with van der Waals surface area (Å²) in [6.45, 7) is 4.75. The molecule has 2 aromatic rings. The first-order chi connectivity index (χ1) is 10.2. The average molecular weight is 282 g/mol. The number of aryl methyl sites for hydroxylation is 1. The Hall–Kier alpha value is -2.61. The minimum absolute atomic E-state index is 0.0456. The van der Waals surface area contributed by atoms with Crippen LogP contribution in [0, 0.1) is 18.3 Å². The van der Waals surface area contributed by atoms with E-state index in [1.165, 1.54) is 5.56 Å². The number of benzene rings is 1. The first-order valence-electron chi connectivity index (χ1n) is 6.92. The zero-order valence-electron chi connectivity index (χ0n) is 12.2. The number of ether oxygens (including phenoxy) is 1. The maximum absolute atomic E-state index is 8.68. The van der Waals surface area contributed by atoms with E-state index in [1.54, 1.807) is 12.1 Å². The summed E-state index contributed by atoms with van der Waals surface area (Å²) < 4.78 is 5.95. The van der Waals surface area contributed by atoms with Crippen LogP contribution in [0.1, 0.15) is 24.6 Å².